The van der Waals surface area contributed by atoms with Crippen LogP contribution in [0.25, 0.3) is 10.9 Å². The van der Waals surface area contributed by atoms with Crippen LogP contribution >= 0.6 is 0 Å². The molecule has 2 aliphatic heterocycles. The molecule has 3 heterocycles. The monoisotopic (exact) mass is 517 g/mol. The van der Waals surface area contributed by atoms with E-state index in [0.29, 0.717) is 25.2 Å². The molecule has 1 saturated heterocycles. The number of alkyl halides is 2. The fraction of sp³-hybridized carbons (Fsp3) is 0.517. The maximum atomic E-state index is 15.7. The lowest BCUT2D eigenvalue weighted by atomic mass is 9.87. The minimum Gasteiger partial charge on any atom is -0.492 e. The van der Waals surface area contributed by atoms with E-state index < -0.39 is 23.3 Å². The van der Waals surface area contributed by atoms with E-state index in [-0.39, 0.29) is 43.1 Å². The molecule has 4 nitrogen and oxygen atoms in total. The molecule has 37 heavy (non-hydrogen) atoms. The summed E-state index contributed by atoms with van der Waals surface area (Å²) in [6.45, 7) is 6.94. The first-order valence-electron chi connectivity index (χ1n) is 13.1. The summed E-state index contributed by atoms with van der Waals surface area (Å²) in [4.78, 5) is 7.34. The number of benzene rings is 2. The van der Waals surface area contributed by atoms with Crippen molar-refractivity contribution in [2.24, 2.45) is 5.92 Å². The third-order valence-corrected chi connectivity index (χ3v) is 7.67. The SMILES string of the molecule is C[C@@H]1Cc2c([nH]c3ccccc23)[C@@H](c2c(F)cc(OCCN3CCC(CF)C3)cc2F)N1CC(C)(C)F. The predicted octanol–water partition coefficient (Wildman–Crippen LogP) is 6.20. The lowest BCUT2D eigenvalue weighted by Gasteiger charge is -2.43. The number of fused-ring (bicyclic) bond motifs is 3. The first-order chi connectivity index (χ1) is 17.6. The lowest BCUT2D eigenvalue weighted by Crippen LogP contribution is -2.48. The van der Waals surface area contributed by atoms with Crippen molar-refractivity contribution in [2.75, 3.05) is 39.5 Å². The Labute approximate surface area is 215 Å². The molecule has 3 atom stereocenters. The van der Waals surface area contributed by atoms with Crippen LogP contribution in [0.4, 0.5) is 17.6 Å². The summed E-state index contributed by atoms with van der Waals surface area (Å²) in [5, 5.41) is 1.02. The Hall–Kier alpha value is -2.58. The number of para-hydroxylation sites is 1. The van der Waals surface area contributed by atoms with E-state index in [2.05, 4.69) is 9.88 Å². The second kappa shape index (κ2) is 10.3. The quantitative estimate of drug-likeness (QED) is 0.361. The van der Waals surface area contributed by atoms with Gasteiger partial charge < -0.3 is 9.72 Å². The van der Waals surface area contributed by atoms with Crippen LogP contribution in [0.3, 0.4) is 0 Å². The van der Waals surface area contributed by atoms with Crippen molar-refractivity contribution in [1.82, 2.24) is 14.8 Å². The number of hydrogen-bond donors (Lipinski definition) is 1. The average Bonchev–Trinajstić information content (AvgIpc) is 3.44. The van der Waals surface area contributed by atoms with Gasteiger partial charge in [0.25, 0.3) is 0 Å². The van der Waals surface area contributed by atoms with Gasteiger partial charge in [0, 0.05) is 65.9 Å². The van der Waals surface area contributed by atoms with Gasteiger partial charge in [0.15, 0.2) is 0 Å². The fourth-order valence-electron chi connectivity index (χ4n) is 5.94. The fourth-order valence-corrected chi connectivity index (χ4v) is 5.94. The molecule has 5 rings (SSSR count). The van der Waals surface area contributed by atoms with Crippen molar-refractivity contribution < 1.29 is 22.3 Å². The van der Waals surface area contributed by atoms with Crippen LogP contribution in [0.1, 0.15) is 50.1 Å². The average molecular weight is 518 g/mol. The van der Waals surface area contributed by atoms with Gasteiger partial charge in [-0.25, -0.2) is 13.2 Å². The summed E-state index contributed by atoms with van der Waals surface area (Å²) in [7, 11) is 0. The Balaban J connectivity index is 1.46. The first kappa shape index (κ1) is 26.0. The Morgan fingerprint density at radius 3 is 2.54 bits per heavy atom. The van der Waals surface area contributed by atoms with Crippen molar-refractivity contribution in [1.29, 1.82) is 0 Å². The van der Waals surface area contributed by atoms with Gasteiger partial charge in [0.1, 0.15) is 29.7 Å². The number of rotatable bonds is 8. The summed E-state index contributed by atoms with van der Waals surface area (Å²) in [5.41, 5.74) is 0.941. The predicted molar refractivity (Wildman–Crippen MR) is 138 cm³/mol. The van der Waals surface area contributed by atoms with Crippen LogP contribution in [0, 0.1) is 17.6 Å². The molecule has 1 aromatic heterocycles. The summed E-state index contributed by atoms with van der Waals surface area (Å²) >= 11 is 0. The van der Waals surface area contributed by atoms with Crippen molar-refractivity contribution >= 4 is 10.9 Å². The summed E-state index contributed by atoms with van der Waals surface area (Å²) in [6.07, 6.45) is 1.46. The van der Waals surface area contributed by atoms with Gasteiger partial charge in [0.2, 0.25) is 0 Å². The molecule has 1 fully saturated rings. The number of hydrogen-bond acceptors (Lipinski definition) is 3. The second-order valence-corrected chi connectivity index (χ2v) is 11.2. The van der Waals surface area contributed by atoms with Crippen LogP contribution in [-0.4, -0.2) is 66.0 Å². The molecule has 0 amide bonds. The molecule has 0 saturated carbocycles. The van der Waals surface area contributed by atoms with E-state index in [1.165, 1.54) is 26.0 Å². The van der Waals surface area contributed by atoms with E-state index in [4.69, 9.17) is 4.74 Å². The number of aromatic nitrogens is 1. The Kier molecular flexibility index (Phi) is 7.24. The van der Waals surface area contributed by atoms with Gasteiger partial charge in [-0.05, 0) is 51.8 Å². The van der Waals surface area contributed by atoms with Crippen molar-refractivity contribution in [3.63, 3.8) is 0 Å². The molecule has 1 N–H and O–H groups in total. The molecule has 200 valence electrons. The van der Waals surface area contributed by atoms with Gasteiger partial charge >= 0.3 is 0 Å². The molecule has 0 spiro atoms. The molecular formula is C29H35F4N3O. The molecule has 0 bridgehead atoms. The number of halogens is 4. The Bertz CT molecular complexity index is 1230. The van der Waals surface area contributed by atoms with Gasteiger partial charge in [-0.2, -0.15) is 0 Å². The number of H-pyrrole nitrogens is 1. The van der Waals surface area contributed by atoms with Crippen molar-refractivity contribution in [3.05, 3.63) is 64.9 Å². The first-order valence-corrected chi connectivity index (χ1v) is 13.1. The highest BCUT2D eigenvalue weighted by Crippen LogP contribution is 2.43. The number of nitrogens with zero attached hydrogens (tertiary/aromatic N) is 2. The van der Waals surface area contributed by atoms with E-state index in [0.717, 1.165) is 29.4 Å². The highest BCUT2D eigenvalue weighted by atomic mass is 19.1. The molecule has 0 radical (unpaired) electrons. The lowest BCUT2D eigenvalue weighted by molar-refractivity contribution is 0.0642. The number of ether oxygens (including phenoxy) is 1. The normalized spacial score (nSPS) is 23.1. The van der Waals surface area contributed by atoms with Gasteiger partial charge in [0.05, 0.1) is 12.7 Å². The minimum atomic E-state index is -1.55. The minimum absolute atomic E-state index is 0.0283. The smallest absolute Gasteiger partial charge is 0.135 e. The van der Waals surface area contributed by atoms with Crippen LogP contribution in [0.15, 0.2) is 36.4 Å². The Morgan fingerprint density at radius 1 is 1.14 bits per heavy atom. The molecule has 0 aliphatic carbocycles. The van der Waals surface area contributed by atoms with E-state index in [1.54, 1.807) is 0 Å². The van der Waals surface area contributed by atoms with Crippen LogP contribution in [-0.2, 0) is 6.42 Å². The summed E-state index contributed by atoms with van der Waals surface area (Å²) in [6, 6.07) is 9.30. The maximum absolute atomic E-state index is 15.7. The Morgan fingerprint density at radius 2 is 1.86 bits per heavy atom. The summed E-state index contributed by atoms with van der Waals surface area (Å²) < 4.78 is 64.9. The zero-order valence-electron chi connectivity index (χ0n) is 21.7. The van der Waals surface area contributed by atoms with Crippen LogP contribution in [0.5, 0.6) is 5.75 Å². The third kappa shape index (κ3) is 5.36. The zero-order chi connectivity index (χ0) is 26.3. The van der Waals surface area contributed by atoms with Gasteiger partial charge in [-0.3, -0.25) is 14.2 Å². The molecule has 2 aliphatic rings. The number of likely N-dealkylation sites (tertiary alicyclic amines) is 1. The van der Waals surface area contributed by atoms with Crippen molar-refractivity contribution in [3.8, 4) is 5.75 Å². The molecular weight excluding hydrogens is 482 g/mol. The van der Waals surface area contributed by atoms with Crippen molar-refractivity contribution in [2.45, 2.75) is 51.4 Å². The largest absolute Gasteiger partial charge is 0.492 e. The second-order valence-electron chi connectivity index (χ2n) is 11.2. The van der Waals surface area contributed by atoms with Crippen LogP contribution in [0.2, 0.25) is 0 Å². The highest BCUT2D eigenvalue weighted by molar-refractivity contribution is 5.85. The third-order valence-electron chi connectivity index (χ3n) is 7.67. The van der Waals surface area contributed by atoms with E-state index >= 15 is 8.78 Å². The van der Waals surface area contributed by atoms with E-state index in [1.807, 2.05) is 36.1 Å². The number of aromatic amines is 1. The summed E-state index contributed by atoms with van der Waals surface area (Å²) in [5.74, 6) is -1.28. The van der Waals surface area contributed by atoms with Gasteiger partial charge in [-0.1, -0.05) is 18.2 Å². The maximum Gasteiger partial charge on any atom is 0.135 e. The standard InChI is InChI=1S/C29H35F4N3O/c1-18-12-22-21-6-4-5-7-25(21)34-27(22)28(36(18)17-29(2,3)33)26-23(31)13-20(14-24(26)32)37-11-10-35-9-8-19(15-30)16-35/h4-7,13-14,18-19,28,34H,8-12,15-17H2,1-3H3/t18-,19?,28-/m1/s1. The molecule has 8 heteroatoms. The zero-order valence-corrected chi connectivity index (χ0v) is 21.7. The molecule has 3 aromatic rings. The highest BCUT2D eigenvalue weighted by Gasteiger charge is 2.41. The topological polar surface area (TPSA) is 31.5 Å². The molecule has 1 unspecified atom stereocenters. The van der Waals surface area contributed by atoms with Gasteiger partial charge in [-0.15, -0.1) is 0 Å². The number of nitrogens with one attached hydrogen (secondary N) is 1. The van der Waals surface area contributed by atoms with Crippen LogP contribution < -0.4 is 4.74 Å². The molecule has 2 aromatic carbocycles. The van der Waals surface area contributed by atoms with E-state index in [9.17, 15) is 8.78 Å².